The highest BCUT2D eigenvalue weighted by molar-refractivity contribution is 5.97. The number of carbonyl (C=O) groups is 2. The number of hydrogen-bond donors (Lipinski definition) is 0. The molecule has 0 aliphatic carbocycles. The largest absolute Gasteiger partial charge is 0.416 e. The number of rotatable bonds is 9. The Labute approximate surface area is 206 Å². The topological polar surface area (TPSA) is 45.6 Å². The molecule has 0 aliphatic rings. The molecule has 1 atom stereocenters. The minimum absolute atomic E-state index is 0.0280. The minimum atomic E-state index is -5.09. The van der Waals surface area contributed by atoms with E-state index in [1.165, 1.54) is 4.90 Å². The number of halogens is 6. The quantitative estimate of drug-likeness (QED) is 0.382. The highest BCUT2D eigenvalue weighted by Gasteiger charge is 2.38. The second-order valence-electron chi connectivity index (χ2n) is 9.26. The van der Waals surface area contributed by atoms with Crippen molar-refractivity contribution in [3.63, 3.8) is 0 Å². The van der Waals surface area contributed by atoms with Crippen LogP contribution < -0.4 is 0 Å². The van der Waals surface area contributed by atoms with Crippen LogP contribution in [0.3, 0.4) is 0 Å². The van der Waals surface area contributed by atoms with Crippen LogP contribution in [0.4, 0.5) is 26.3 Å². The first kappa shape index (κ1) is 29.3. The van der Waals surface area contributed by atoms with Crippen molar-refractivity contribution in [3.8, 4) is 0 Å². The van der Waals surface area contributed by atoms with Crippen LogP contribution in [-0.2, 0) is 30.7 Å². The molecule has 0 spiro atoms. The summed E-state index contributed by atoms with van der Waals surface area (Å²) in [5.74, 6) is -1.45. The molecule has 0 N–H and O–H groups in total. The first-order chi connectivity index (χ1) is 16.5. The van der Waals surface area contributed by atoms with E-state index in [0.29, 0.717) is 25.1 Å². The summed E-state index contributed by atoms with van der Waals surface area (Å²) in [7, 11) is 1.81. The van der Waals surface area contributed by atoms with E-state index in [4.69, 9.17) is 0 Å². The monoisotopic (exact) mass is 519 g/mol. The number of amides is 2. The van der Waals surface area contributed by atoms with Crippen LogP contribution in [0, 0.1) is 5.92 Å². The lowest BCUT2D eigenvalue weighted by molar-refractivity contribution is -0.143. The van der Waals surface area contributed by atoms with Gasteiger partial charge < -0.3 is 14.4 Å². The molecule has 0 saturated heterocycles. The molecule has 0 bridgehead atoms. The van der Waals surface area contributed by atoms with Gasteiger partial charge in [0.1, 0.15) is 6.54 Å². The smallest absolute Gasteiger partial charge is 0.353 e. The lowest BCUT2D eigenvalue weighted by atomic mass is 10.0. The molecule has 1 unspecified atom stereocenters. The van der Waals surface area contributed by atoms with Crippen LogP contribution >= 0.6 is 0 Å². The predicted octanol–water partition coefficient (Wildman–Crippen LogP) is 5.99. The molecule has 11 heteroatoms. The molecule has 0 fully saturated rings. The van der Waals surface area contributed by atoms with Crippen LogP contribution in [0.2, 0.25) is 0 Å². The van der Waals surface area contributed by atoms with Crippen molar-refractivity contribution in [2.75, 3.05) is 13.1 Å². The molecule has 5 nitrogen and oxygen atoms in total. The van der Waals surface area contributed by atoms with Gasteiger partial charge in [0.05, 0.1) is 17.7 Å². The van der Waals surface area contributed by atoms with E-state index < -0.39 is 53.4 Å². The molecule has 1 aromatic heterocycles. The molecule has 36 heavy (non-hydrogen) atoms. The first-order valence-corrected chi connectivity index (χ1v) is 11.5. The van der Waals surface area contributed by atoms with Crippen molar-refractivity contribution >= 4 is 11.8 Å². The molecular weight excluding hydrogens is 488 g/mol. The van der Waals surface area contributed by atoms with Crippen molar-refractivity contribution in [1.82, 2.24) is 14.4 Å². The molecule has 1 heterocycles. The SMILES string of the molecule is CCC(C)N(CC(=O)N(Cc1cccn1C)CC(C)C)C(=O)c1cc(C(F)(F)F)cc(C(F)(F)F)c1. The molecule has 200 valence electrons. The van der Waals surface area contributed by atoms with Gasteiger partial charge in [-0.15, -0.1) is 0 Å². The standard InChI is InChI=1S/C25H31F6N3O2/c1-6-17(4)34(15-22(35)33(13-16(2)3)14-21-8-7-9-32(21)5)23(36)18-10-19(24(26,27)28)12-20(11-18)25(29,30)31/h7-12,16-17H,6,13-15H2,1-5H3. The van der Waals surface area contributed by atoms with Gasteiger partial charge in [0.2, 0.25) is 5.91 Å². The molecule has 1 aromatic carbocycles. The van der Waals surface area contributed by atoms with E-state index in [1.807, 2.05) is 43.8 Å². The van der Waals surface area contributed by atoms with Crippen LogP contribution in [0.15, 0.2) is 36.5 Å². The van der Waals surface area contributed by atoms with Crippen molar-refractivity contribution in [2.24, 2.45) is 13.0 Å². The molecule has 2 rings (SSSR count). The third kappa shape index (κ3) is 7.51. The van der Waals surface area contributed by atoms with Crippen LogP contribution in [0.25, 0.3) is 0 Å². The Kier molecular flexibility index (Phi) is 9.25. The summed E-state index contributed by atoms with van der Waals surface area (Å²) in [5, 5.41) is 0. The highest BCUT2D eigenvalue weighted by Crippen LogP contribution is 2.36. The first-order valence-electron chi connectivity index (χ1n) is 11.5. The van der Waals surface area contributed by atoms with Crippen LogP contribution in [-0.4, -0.2) is 45.3 Å². The number of hydrogen-bond acceptors (Lipinski definition) is 2. The average molecular weight is 520 g/mol. The summed E-state index contributed by atoms with van der Waals surface area (Å²) in [4.78, 5) is 29.1. The maximum Gasteiger partial charge on any atom is 0.416 e. The molecule has 2 amide bonds. The Hall–Kier alpha value is -2.98. The number of benzene rings is 1. The fourth-order valence-electron chi connectivity index (χ4n) is 3.69. The summed E-state index contributed by atoms with van der Waals surface area (Å²) >= 11 is 0. The molecule has 0 radical (unpaired) electrons. The van der Waals surface area contributed by atoms with E-state index in [9.17, 15) is 35.9 Å². The fourth-order valence-corrected chi connectivity index (χ4v) is 3.69. The third-order valence-corrected chi connectivity index (χ3v) is 5.87. The fraction of sp³-hybridized carbons (Fsp3) is 0.520. The van der Waals surface area contributed by atoms with Gasteiger partial charge in [0.15, 0.2) is 0 Å². The van der Waals surface area contributed by atoms with Crippen molar-refractivity contribution in [1.29, 1.82) is 0 Å². The minimum Gasteiger partial charge on any atom is -0.353 e. The zero-order valence-electron chi connectivity index (χ0n) is 20.9. The van der Waals surface area contributed by atoms with Gasteiger partial charge in [-0.05, 0) is 49.6 Å². The van der Waals surface area contributed by atoms with Gasteiger partial charge in [0, 0.05) is 37.1 Å². The molecule has 2 aromatic rings. The zero-order chi connectivity index (χ0) is 27.4. The van der Waals surface area contributed by atoms with Gasteiger partial charge in [-0.2, -0.15) is 26.3 Å². The Bertz CT molecular complexity index is 1030. The molecule has 0 aliphatic heterocycles. The second kappa shape index (κ2) is 11.4. The Balaban J connectivity index is 2.44. The van der Waals surface area contributed by atoms with Gasteiger partial charge in [0.25, 0.3) is 5.91 Å². The van der Waals surface area contributed by atoms with Gasteiger partial charge >= 0.3 is 12.4 Å². The van der Waals surface area contributed by atoms with Crippen LogP contribution in [0.5, 0.6) is 0 Å². The van der Waals surface area contributed by atoms with Crippen molar-refractivity contribution in [2.45, 2.75) is 59.1 Å². The Morgan fingerprint density at radius 2 is 1.53 bits per heavy atom. The van der Waals surface area contributed by atoms with Crippen molar-refractivity contribution < 1.29 is 35.9 Å². The van der Waals surface area contributed by atoms with Gasteiger partial charge in [-0.1, -0.05) is 20.8 Å². The lowest BCUT2D eigenvalue weighted by Crippen LogP contribution is -2.47. The Morgan fingerprint density at radius 3 is 1.94 bits per heavy atom. The summed E-state index contributed by atoms with van der Waals surface area (Å²) < 4.78 is 81.8. The maximum atomic E-state index is 13.3. The zero-order valence-corrected chi connectivity index (χ0v) is 20.9. The normalized spacial score (nSPS) is 13.1. The number of carbonyl (C=O) groups excluding carboxylic acids is 2. The van der Waals surface area contributed by atoms with Crippen molar-refractivity contribution in [3.05, 3.63) is 58.9 Å². The average Bonchev–Trinajstić information content (AvgIpc) is 3.18. The summed E-state index contributed by atoms with van der Waals surface area (Å²) in [6, 6.07) is 3.80. The third-order valence-electron chi connectivity index (χ3n) is 5.87. The lowest BCUT2D eigenvalue weighted by Gasteiger charge is -2.32. The predicted molar refractivity (Wildman–Crippen MR) is 123 cm³/mol. The number of aryl methyl sites for hydroxylation is 1. The van der Waals surface area contributed by atoms with E-state index >= 15 is 0 Å². The summed E-state index contributed by atoms with van der Waals surface area (Å²) in [5.41, 5.74) is -3.11. The maximum absolute atomic E-state index is 13.3. The van der Waals surface area contributed by atoms with Crippen LogP contribution in [0.1, 0.15) is 61.3 Å². The summed E-state index contributed by atoms with van der Waals surface area (Å²) in [6.07, 6.45) is -8.02. The second-order valence-corrected chi connectivity index (χ2v) is 9.26. The van der Waals surface area contributed by atoms with E-state index in [2.05, 4.69) is 0 Å². The Morgan fingerprint density at radius 1 is 0.972 bits per heavy atom. The number of nitrogens with zero attached hydrogens (tertiary/aromatic N) is 3. The number of alkyl halides is 6. The summed E-state index contributed by atoms with van der Waals surface area (Å²) in [6.45, 7) is 7.22. The van der Waals surface area contributed by atoms with Gasteiger partial charge in [-0.25, -0.2) is 0 Å². The van der Waals surface area contributed by atoms with Gasteiger partial charge in [-0.3, -0.25) is 9.59 Å². The van der Waals surface area contributed by atoms with E-state index in [0.717, 1.165) is 10.6 Å². The highest BCUT2D eigenvalue weighted by atomic mass is 19.4. The van der Waals surface area contributed by atoms with E-state index in [1.54, 1.807) is 13.8 Å². The number of aromatic nitrogens is 1. The molecular formula is C25H31F6N3O2. The molecule has 0 saturated carbocycles. The van der Waals surface area contributed by atoms with E-state index in [-0.39, 0.29) is 18.5 Å².